The lowest BCUT2D eigenvalue weighted by Gasteiger charge is -2.34. The van der Waals surface area contributed by atoms with Crippen LogP contribution in [0.3, 0.4) is 0 Å². The summed E-state index contributed by atoms with van der Waals surface area (Å²) < 4.78 is 41.9. The molecule has 0 unspecified atom stereocenters. The standard InChI is InChI=1S/C21H20FN3O2S2/c22-17-7-5-16(6-8-17)13-25-21(18-3-1-2-4-19(18)29(25,26)27)9-11-24(15-21)14-20-23-10-12-28-20/h1-8,10,12H,9,11,13-15H2/t21-/m0/s1. The summed E-state index contributed by atoms with van der Waals surface area (Å²) in [5.74, 6) is -0.327. The van der Waals surface area contributed by atoms with Crippen LogP contribution >= 0.6 is 11.3 Å². The summed E-state index contributed by atoms with van der Waals surface area (Å²) in [6.45, 7) is 2.35. The van der Waals surface area contributed by atoms with Crippen LogP contribution in [0.5, 0.6) is 0 Å². The molecule has 0 N–H and O–H groups in total. The molecule has 1 spiro atoms. The number of hydrogen-bond acceptors (Lipinski definition) is 5. The zero-order valence-corrected chi connectivity index (χ0v) is 17.3. The van der Waals surface area contributed by atoms with Gasteiger partial charge in [0.25, 0.3) is 0 Å². The van der Waals surface area contributed by atoms with Gasteiger partial charge in [0.2, 0.25) is 10.0 Å². The van der Waals surface area contributed by atoms with E-state index < -0.39 is 15.6 Å². The van der Waals surface area contributed by atoms with E-state index in [9.17, 15) is 12.8 Å². The number of likely N-dealkylation sites (tertiary alicyclic amines) is 1. The topological polar surface area (TPSA) is 53.5 Å². The fourth-order valence-electron chi connectivity index (χ4n) is 4.50. The van der Waals surface area contributed by atoms with E-state index in [0.717, 1.165) is 29.1 Å². The lowest BCUT2D eigenvalue weighted by Crippen LogP contribution is -2.45. The second-order valence-electron chi connectivity index (χ2n) is 7.55. The Morgan fingerprint density at radius 1 is 1.10 bits per heavy atom. The predicted octanol–water partition coefficient (Wildman–Crippen LogP) is 3.59. The average Bonchev–Trinajstić information content (AvgIpc) is 3.41. The molecule has 5 rings (SSSR count). The highest BCUT2D eigenvalue weighted by Gasteiger charge is 2.56. The number of aromatic nitrogens is 1. The van der Waals surface area contributed by atoms with Crippen LogP contribution in [-0.2, 0) is 28.7 Å². The molecule has 0 amide bonds. The Kier molecular flexibility index (Phi) is 4.54. The van der Waals surface area contributed by atoms with Gasteiger partial charge in [0, 0.05) is 31.2 Å². The first-order chi connectivity index (χ1) is 14.0. The monoisotopic (exact) mass is 429 g/mol. The van der Waals surface area contributed by atoms with Crippen molar-refractivity contribution in [2.45, 2.75) is 29.9 Å². The number of hydrogen-bond donors (Lipinski definition) is 0. The van der Waals surface area contributed by atoms with E-state index in [4.69, 9.17) is 0 Å². The van der Waals surface area contributed by atoms with Gasteiger partial charge in [-0.3, -0.25) is 4.90 Å². The minimum absolute atomic E-state index is 0.225. The molecule has 150 valence electrons. The molecule has 8 heteroatoms. The number of fused-ring (bicyclic) bond motifs is 2. The first-order valence-electron chi connectivity index (χ1n) is 9.47. The fraction of sp³-hybridized carbons (Fsp3) is 0.286. The Bertz CT molecular complexity index is 1130. The highest BCUT2D eigenvalue weighted by Crippen LogP contribution is 2.50. The van der Waals surface area contributed by atoms with Crippen molar-refractivity contribution in [3.63, 3.8) is 0 Å². The van der Waals surface area contributed by atoms with Crippen LogP contribution in [0, 0.1) is 5.82 Å². The van der Waals surface area contributed by atoms with Crippen molar-refractivity contribution < 1.29 is 12.8 Å². The zero-order valence-electron chi connectivity index (χ0n) is 15.7. The summed E-state index contributed by atoms with van der Waals surface area (Å²) in [4.78, 5) is 7.03. The highest BCUT2D eigenvalue weighted by molar-refractivity contribution is 7.89. The maximum absolute atomic E-state index is 13.5. The number of nitrogens with zero attached hydrogens (tertiary/aromatic N) is 3. The Hall–Kier alpha value is -2.13. The molecule has 1 saturated heterocycles. The Labute approximate surface area is 173 Å². The summed E-state index contributed by atoms with van der Waals surface area (Å²) in [7, 11) is -3.63. The predicted molar refractivity (Wildman–Crippen MR) is 109 cm³/mol. The molecule has 2 aliphatic rings. The molecule has 1 atom stereocenters. The van der Waals surface area contributed by atoms with Gasteiger partial charge in [0.05, 0.1) is 17.0 Å². The van der Waals surface area contributed by atoms with Crippen LogP contribution < -0.4 is 0 Å². The summed E-state index contributed by atoms with van der Waals surface area (Å²) in [6.07, 6.45) is 2.51. The van der Waals surface area contributed by atoms with E-state index in [1.54, 1.807) is 46.1 Å². The Morgan fingerprint density at radius 3 is 2.66 bits per heavy atom. The maximum atomic E-state index is 13.5. The van der Waals surface area contributed by atoms with Gasteiger partial charge < -0.3 is 0 Å². The third kappa shape index (κ3) is 3.11. The molecule has 5 nitrogen and oxygen atoms in total. The third-order valence-electron chi connectivity index (χ3n) is 5.84. The summed E-state index contributed by atoms with van der Waals surface area (Å²) >= 11 is 1.61. The number of thiazole rings is 1. The molecule has 0 saturated carbocycles. The van der Waals surface area contributed by atoms with Crippen LogP contribution in [0.15, 0.2) is 65.0 Å². The zero-order chi connectivity index (χ0) is 20.1. The van der Waals surface area contributed by atoms with Crippen LogP contribution in [0.2, 0.25) is 0 Å². The molecular formula is C21H20FN3O2S2. The molecule has 0 aliphatic carbocycles. The Balaban J connectivity index is 1.54. The first kappa shape index (κ1) is 18.9. The maximum Gasteiger partial charge on any atom is 0.244 e. The van der Waals surface area contributed by atoms with E-state index in [1.165, 1.54) is 12.1 Å². The van der Waals surface area contributed by atoms with E-state index in [2.05, 4.69) is 9.88 Å². The summed E-state index contributed by atoms with van der Waals surface area (Å²) in [6, 6.07) is 13.4. The SMILES string of the molecule is O=S1(=O)c2ccccc2[C@@]2(CCN(Cc3nccs3)C2)N1Cc1ccc(F)cc1. The minimum atomic E-state index is -3.63. The van der Waals surface area contributed by atoms with Gasteiger partial charge >= 0.3 is 0 Å². The molecule has 0 bridgehead atoms. The quantitative estimate of drug-likeness (QED) is 0.636. The first-order valence-corrected chi connectivity index (χ1v) is 11.8. The minimum Gasteiger partial charge on any atom is -0.294 e. The number of sulfonamides is 1. The Morgan fingerprint density at radius 2 is 1.90 bits per heavy atom. The van der Waals surface area contributed by atoms with Crippen LogP contribution in [0.4, 0.5) is 4.39 Å². The summed E-state index contributed by atoms with van der Waals surface area (Å²) in [5.41, 5.74) is 1.03. The van der Waals surface area contributed by atoms with Crippen LogP contribution in [0.1, 0.15) is 22.6 Å². The molecule has 3 heterocycles. The lowest BCUT2D eigenvalue weighted by molar-refractivity contribution is 0.184. The average molecular weight is 430 g/mol. The van der Waals surface area contributed by atoms with Crippen molar-refractivity contribution in [2.75, 3.05) is 13.1 Å². The van der Waals surface area contributed by atoms with E-state index in [1.807, 2.05) is 17.5 Å². The van der Waals surface area contributed by atoms with Gasteiger partial charge in [-0.1, -0.05) is 30.3 Å². The molecule has 2 aromatic carbocycles. The smallest absolute Gasteiger partial charge is 0.244 e. The number of halogens is 1. The number of benzene rings is 2. The third-order valence-corrected chi connectivity index (χ3v) is 8.58. The molecule has 1 aromatic heterocycles. The fourth-order valence-corrected chi connectivity index (χ4v) is 7.21. The van der Waals surface area contributed by atoms with E-state index >= 15 is 0 Å². The van der Waals surface area contributed by atoms with E-state index in [-0.39, 0.29) is 12.4 Å². The molecule has 29 heavy (non-hydrogen) atoms. The number of rotatable bonds is 4. The van der Waals surface area contributed by atoms with Crippen LogP contribution in [-0.4, -0.2) is 35.7 Å². The molecular weight excluding hydrogens is 409 g/mol. The van der Waals surface area contributed by atoms with Gasteiger partial charge in [0.1, 0.15) is 10.8 Å². The molecule has 3 aromatic rings. The lowest BCUT2D eigenvalue weighted by atomic mass is 9.88. The van der Waals surface area contributed by atoms with Crippen molar-refractivity contribution in [3.05, 3.63) is 82.1 Å². The van der Waals surface area contributed by atoms with Crippen molar-refractivity contribution in [1.29, 1.82) is 0 Å². The van der Waals surface area contributed by atoms with Gasteiger partial charge in [-0.2, -0.15) is 4.31 Å². The van der Waals surface area contributed by atoms with Gasteiger partial charge in [0.15, 0.2) is 0 Å². The van der Waals surface area contributed by atoms with Gasteiger partial charge in [-0.25, -0.2) is 17.8 Å². The van der Waals surface area contributed by atoms with Crippen molar-refractivity contribution in [2.24, 2.45) is 0 Å². The molecule has 0 radical (unpaired) electrons. The molecule has 1 fully saturated rings. The van der Waals surface area contributed by atoms with Crippen molar-refractivity contribution in [1.82, 2.24) is 14.2 Å². The largest absolute Gasteiger partial charge is 0.294 e. The van der Waals surface area contributed by atoms with Crippen molar-refractivity contribution in [3.8, 4) is 0 Å². The second kappa shape index (κ2) is 6.98. The molecule has 2 aliphatic heterocycles. The normalized spacial score (nSPS) is 23.6. The van der Waals surface area contributed by atoms with Gasteiger partial charge in [-0.05, 0) is 35.7 Å². The van der Waals surface area contributed by atoms with Crippen LogP contribution in [0.25, 0.3) is 0 Å². The summed E-state index contributed by atoms with van der Waals surface area (Å²) in [5, 5.41) is 2.98. The van der Waals surface area contributed by atoms with Gasteiger partial charge in [-0.15, -0.1) is 11.3 Å². The highest BCUT2D eigenvalue weighted by atomic mass is 32.2. The van der Waals surface area contributed by atoms with Crippen molar-refractivity contribution >= 4 is 21.4 Å². The van der Waals surface area contributed by atoms with E-state index in [0.29, 0.717) is 18.0 Å². The second-order valence-corrected chi connectivity index (χ2v) is 10.4.